The topological polar surface area (TPSA) is 73.5 Å². The normalized spacial score (nSPS) is 25.2. The van der Waals surface area contributed by atoms with Crippen LogP contribution in [0.1, 0.15) is 26.2 Å². The number of hydrogen-bond acceptors (Lipinski definition) is 4. The molecule has 0 saturated carbocycles. The van der Waals surface area contributed by atoms with Gasteiger partial charge in [0.15, 0.2) is 0 Å². The molecule has 0 aromatic rings. The third-order valence-corrected chi connectivity index (χ3v) is 4.16. The summed E-state index contributed by atoms with van der Waals surface area (Å²) in [6.45, 7) is 7.06. The molecule has 20 heavy (non-hydrogen) atoms. The van der Waals surface area contributed by atoms with E-state index in [9.17, 15) is 9.59 Å². The van der Waals surface area contributed by atoms with Crippen molar-refractivity contribution in [1.82, 2.24) is 20.9 Å². The number of amides is 2. The molecule has 1 atom stereocenters. The first-order valence-electron chi connectivity index (χ1n) is 7.65. The summed E-state index contributed by atoms with van der Waals surface area (Å²) < 4.78 is 0. The molecule has 2 amide bonds. The molecule has 3 N–H and O–H groups in total. The molecule has 0 radical (unpaired) electrons. The first-order valence-corrected chi connectivity index (χ1v) is 7.65. The van der Waals surface area contributed by atoms with Crippen LogP contribution < -0.4 is 16.0 Å². The van der Waals surface area contributed by atoms with Gasteiger partial charge >= 0.3 is 0 Å². The van der Waals surface area contributed by atoms with Crippen LogP contribution in [0.25, 0.3) is 0 Å². The molecule has 0 bridgehead atoms. The van der Waals surface area contributed by atoms with E-state index in [1.165, 1.54) is 25.9 Å². The monoisotopic (exact) mass is 282 g/mol. The van der Waals surface area contributed by atoms with E-state index in [2.05, 4.69) is 27.8 Å². The second-order valence-electron chi connectivity index (χ2n) is 5.91. The van der Waals surface area contributed by atoms with Gasteiger partial charge in [-0.2, -0.15) is 0 Å². The zero-order valence-corrected chi connectivity index (χ0v) is 12.3. The SMILES string of the molecule is CC1CCN(CCCNC(=O)C2CNC(=O)CN2)CC1. The summed E-state index contributed by atoms with van der Waals surface area (Å²) in [6, 6.07) is -0.288. The van der Waals surface area contributed by atoms with E-state index in [4.69, 9.17) is 0 Å². The van der Waals surface area contributed by atoms with E-state index in [1.807, 2.05) is 0 Å². The number of carbonyl (C=O) groups is 2. The number of nitrogens with zero attached hydrogens (tertiary/aromatic N) is 1. The molecule has 0 aromatic heterocycles. The van der Waals surface area contributed by atoms with Gasteiger partial charge in [0.05, 0.1) is 6.54 Å². The van der Waals surface area contributed by atoms with Crippen molar-refractivity contribution in [2.45, 2.75) is 32.2 Å². The van der Waals surface area contributed by atoms with Crippen LogP contribution in [-0.2, 0) is 9.59 Å². The minimum atomic E-state index is -0.288. The van der Waals surface area contributed by atoms with Crippen LogP contribution in [-0.4, -0.2) is 62.0 Å². The van der Waals surface area contributed by atoms with Crippen molar-refractivity contribution in [2.75, 3.05) is 39.3 Å². The maximum Gasteiger partial charge on any atom is 0.238 e. The summed E-state index contributed by atoms with van der Waals surface area (Å²) in [4.78, 5) is 25.3. The van der Waals surface area contributed by atoms with E-state index in [1.54, 1.807) is 0 Å². The Labute approximate surface area is 120 Å². The Kier molecular flexibility index (Phi) is 5.79. The summed E-state index contributed by atoms with van der Waals surface area (Å²) in [7, 11) is 0. The second kappa shape index (κ2) is 7.59. The van der Waals surface area contributed by atoms with Crippen molar-refractivity contribution < 1.29 is 9.59 Å². The maximum atomic E-state index is 11.9. The highest BCUT2D eigenvalue weighted by molar-refractivity contribution is 5.86. The van der Waals surface area contributed by atoms with Gasteiger partial charge in [0.2, 0.25) is 11.8 Å². The third kappa shape index (κ3) is 4.76. The number of likely N-dealkylation sites (tertiary alicyclic amines) is 1. The molecule has 2 fully saturated rings. The zero-order chi connectivity index (χ0) is 14.4. The first kappa shape index (κ1) is 15.3. The molecular weight excluding hydrogens is 256 g/mol. The Hall–Kier alpha value is -1.14. The maximum absolute atomic E-state index is 11.9. The summed E-state index contributed by atoms with van der Waals surface area (Å²) in [5.41, 5.74) is 0. The van der Waals surface area contributed by atoms with Gasteiger partial charge in [-0.1, -0.05) is 6.92 Å². The average molecular weight is 282 g/mol. The molecule has 0 spiro atoms. The quantitative estimate of drug-likeness (QED) is 0.584. The molecule has 0 aromatic carbocycles. The number of carbonyl (C=O) groups excluding carboxylic acids is 2. The predicted molar refractivity (Wildman–Crippen MR) is 77.3 cm³/mol. The molecule has 1 unspecified atom stereocenters. The number of piperidine rings is 1. The molecule has 6 nitrogen and oxygen atoms in total. The van der Waals surface area contributed by atoms with Crippen molar-refractivity contribution >= 4 is 11.8 Å². The van der Waals surface area contributed by atoms with Crippen molar-refractivity contribution in [3.05, 3.63) is 0 Å². The van der Waals surface area contributed by atoms with Gasteiger partial charge in [-0.3, -0.25) is 14.9 Å². The first-order chi connectivity index (χ1) is 9.65. The Morgan fingerprint density at radius 1 is 1.40 bits per heavy atom. The van der Waals surface area contributed by atoms with E-state index in [0.29, 0.717) is 13.1 Å². The lowest BCUT2D eigenvalue weighted by atomic mass is 9.99. The predicted octanol–water partition coefficient (Wildman–Crippen LogP) is -0.687. The number of hydrogen-bond donors (Lipinski definition) is 3. The summed E-state index contributed by atoms with van der Waals surface area (Å²) in [5, 5.41) is 8.55. The van der Waals surface area contributed by atoms with Gasteiger partial charge in [0.25, 0.3) is 0 Å². The van der Waals surface area contributed by atoms with Crippen molar-refractivity contribution in [3.63, 3.8) is 0 Å². The third-order valence-electron chi connectivity index (χ3n) is 4.16. The van der Waals surface area contributed by atoms with Crippen molar-refractivity contribution in [3.8, 4) is 0 Å². The lowest BCUT2D eigenvalue weighted by molar-refractivity contribution is -0.126. The van der Waals surface area contributed by atoms with Crippen molar-refractivity contribution in [2.24, 2.45) is 5.92 Å². The lowest BCUT2D eigenvalue weighted by Gasteiger charge is -2.30. The molecule has 2 aliphatic heterocycles. The molecule has 6 heteroatoms. The van der Waals surface area contributed by atoms with Gasteiger partial charge in [0.1, 0.15) is 6.04 Å². The Bertz CT molecular complexity index is 330. The standard InChI is InChI=1S/C14H26N4O2/c1-11-3-7-18(8-4-11)6-2-5-15-14(20)12-9-17-13(19)10-16-12/h11-12,16H,2-10H2,1H3,(H,15,20)(H,17,19). The van der Waals surface area contributed by atoms with Gasteiger partial charge in [-0.25, -0.2) is 0 Å². The van der Waals surface area contributed by atoms with Crippen LogP contribution in [0.5, 0.6) is 0 Å². The van der Waals surface area contributed by atoms with Gasteiger partial charge in [-0.05, 0) is 44.8 Å². The lowest BCUT2D eigenvalue weighted by Crippen LogP contribution is -2.58. The van der Waals surface area contributed by atoms with Crippen LogP contribution in [0.3, 0.4) is 0 Å². The molecule has 2 heterocycles. The number of rotatable bonds is 5. The second-order valence-corrected chi connectivity index (χ2v) is 5.91. The fourth-order valence-electron chi connectivity index (χ4n) is 2.67. The van der Waals surface area contributed by atoms with E-state index in [0.717, 1.165) is 18.9 Å². The zero-order valence-electron chi connectivity index (χ0n) is 12.3. The number of nitrogens with one attached hydrogen (secondary N) is 3. The molecule has 2 saturated heterocycles. The van der Waals surface area contributed by atoms with Crippen LogP contribution in [0.4, 0.5) is 0 Å². The molecule has 2 rings (SSSR count). The molecular formula is C14H26N4O2. The summed E-state index contributed by atoms with van der Waals surface area (Å²) in [5.74, 6) is 0.796. The van der Waals surface area contributed by atoms with Crippen LogP contribution in [0, 0.1) is 5.92 Å². The Morgan fingerprint density at radius 2 is 2.15 bits per heavy atom. The fourth-order valence-corrected chi connectivity index (χ4v) is 2.67. The smallest absolute Gasteiger partial charge is 0.238 e. The largest absolute Gasteiger partial charge is 0.355 e. The van der Waals surface area contributed by atoms with E-state index in [-0.39, 0.29) is 24.4 Å². The molecule has 0 aliphatic carbocycles. The minimum Gasteiger partial charge on any atom is -0.355 e. The average Bonchev–Trinajstić information content (AvgIpc) is 2.46. The van der Waals surface area contributed by atoms with Gasteiger partial charge in [-0.15, -0.1) is 0 Å². The highest BCUT2D eigenvalue weighted by Crippen LogP contribution is 2.15. The molecule has 114 valence electrons. The van der Waals surface area contributed by atoms with E-state index < -0.39 is 0 Å². The van der Waals surface area contributed by atoms with E-state index >= 15 is 0 Å². The highest BCUT2D eigenvalue weighted by Gasteiger charge is 2.23. The summed E-state index contributed by atoms with van der Waals surface area (Å²) >= 11 is 0. The minimum absolute atomic E-state index is 0.0164. The van der Waals surface area contributed by atoms with Crippen LogP contribution in [0.15, 0.2) is 0 Å². The summed E-state index contributed by atoms with van der Waals surface area (Å²) in [6.07, 6.45) is 3.56. The van der Waals surface area contributed by atoms with Crippen LogP contribution in [0.2, 0.25) is 0 Å². The fraction of sp³-hybridized carbons (Fsp3) is 0.857. The Morgan fingerprint density at radius 3 is 2.80 bits per heavy atom. The van der Waals surface area contributed by atoms with Gasteiger partial charge in [0, 0.05) is 13.1 Å². The van der Waals surface area contributed by atoms with Crippen molar-refractivity contribution in [1.29, 1.82) is 0 Å². The highest BCUT2D eigenvalue weighted by atomic mass is 16.2. The molecule has 2 aliphatic rings. The number of piperazine rings is 1. The van der Waals surface area contributed by atoms with Crippen LogP contribution >= 0.6 is 0 Å². The Balaban J connectivity index is 1.54. The van der Waals surface area contributed by atoms with Gasteiger partial charge < -0.3 is 15.5 Å².